The van der Waals surface area contributed by atoms with Gasteiger partial charge in [-0.1, -0.05) is 30.3 Å². The molecule has 0 heterocycles. The van der Waals surface area contributed by atoms with Gasteiger partial charge in [-0.25, -0.2) is 4.57 Å². The number of nitrogens with one attached hydrogen (secondary N) is 1. The lowest BCUT2D eigenvalue weighted by Crippen LogP contribution is -2.52. The summed E-state index contributed by atoms with van der Waals surface area (Å²) in [7, 11) is -3.75. The van der Waals surface area contributed by atoms with Crippen LogP contribution in [-0.4, -0.2) is 37.9 Å². The van der Waals surface area contributed by atoms with Crippen LogP contribution in [-0.2, 0) is 29.4 Å². The van der Waals surface area contributed by atoms with Gasteiger partial charge in [-0.15, -0.1) is 0 Å². The van der Waals surface area contributed by atoms with Crippen LogP contribution in [0.3, 0.4) is 0 Å². The first-order valence-corrected chi connectivity index (χ1v) is 11.6. The van der Waals surface area contributed by atoms with Gasteiger partial charge in [0.1, 0.15) is 11.3 Å². The monoisotopic (exact) mass is 450 g/mol. The smallest absolute Gasteiger partial charge is 0.474 e. The molecule has 2 aromatic carbocycles. The fourth-order valence-corrected chi connectivity index (χ4v) is 3.83. The molecular formula is C22H31N2O6P. The van der Waals surface area contributed by atoms with E-state index in [4.69, 9.17) is 24.0 Å². The van der Waals surface area contributed by atoms with Gasteiger partial charge in [-0.05, 0) is 50.6 Å². The average molecular weight is 450 g/mol. The van der Waals surface area contributed by atoms with E-state index in [-0.39, 0.29) is 19.8 Å². The Morgan fingerprint density at radius 3 is 2.19 bits per heavy atom. The molecule has 0 aliphatic rings. The van der Waals surface area contributed by atoms with Crippen molar-refractivity contribution in [2.75, 3.05) is 31.7 Å². The van der Waals surface area contributed by atoms with Gasteiger partial charge in [0.25, 0.3) is 0 Å². The minimum absolute atomic E-state index is 0.143. The summed E-state index contributed by atoms with van der Waals surface area (Å²) in [6, 6.07) is 17.0. The molecule has 0 aromatic heterocycles. The highest BCUT2D eigenvalue weighted by Gasteiger charge is 2.34. The molecule has 0 fully saturated rings. The first kappa shape index (κ1) is 25.0. The minimum Gasteiger partial charge on any atom is -0.493 e. The van der Waals surface area contributed by atoms with Crippen molar-refractivity contribution < 1.29 is 27.7 Å². The molecule has 0 spiro atoms. The van der Waals surface area contributed by atoms with Gasteiger partial charge in [-0.2, -0.15) is 0 Å². The molecule has 0 aliphatic carbocycles. The summed E-state index contributed by atoms with van der Waals surface area (Å²) < 4.78 is 33.5. The van der Waals surface area contributed by atoms with Gasteiger partial charge in [-0.3, -0.25) is 18.4 Å². The molecule has 8 nitrogen and oxygen atoms in total. The number of ether oxygens (including phenoxy) is 1. The van der Waals surface area contributed by atoms with Gasteiger partial charge in [0.2, 0.25) is 5.91 Å². The van der Waals surface area contributed by atoms with Crippen molar-refractivity contribution in [3.63, 3.8) is 0 Å². The third-order valence-corrected chi connectivity index (χ3v) is 5.82. The van der Waals surface area contributed by atoms with Gasteiger partial charge in [0.15, 0.2) is 0 Å². The maximum absolute atomic E-state index is 12.6. The van der Waals surface area contributed by atoms with Crippen LogP contribution in [0, 0.1) is 0 Å². The lowest BCUT2D eigenvalue weighted by atomic mass is 10.0. The highest BCUT2D eigenvalue weighted by Crippen LogP contribution is 2.49. The molecule has 1 amide bonds. The molecule has 0 bridgehead atoms. The van der Waals surface area contributed by atoms with E-state index in [1.807, 2.05) is 18.2 Å². The Morgan fingerprint density at radius 2 is 1.61 bits per heavy atom. The summed E-state index contributed by atoms with van der Waals surface area (Å²) in [6.45, 7) is 5.31. The first-order valence-electron chi connectivity index (χ1n) is 10.2. The molecule has 9 heteroatoms. The number of carbonyl (C=O) groups is 1. The van der Waals surface area contributed by atoms with Crippen molar-refractivity contribution in [1.82, 2.24) is 0 Å². The molecule has 0 radical (unpaired) electrons. The zero-order valence-corrected chi connectivity index (χ0v) is 19.1. The predicted molar refractivity (Wildman–Crippen MR) is 120 cm³/mol. The number of hydrogen-bond acceptors (Lipinski definition) is 7. The summed E-state index contributed by atoms with van der Waals surface area (Å²) in [5.74, 6) is 0.201. The number of phosphoric ester groups is 1. The molecule has 0 aliphatic heterocycles. The molecular weight excluding hydrogens is 419 g/mol. The number of rotatable bonds is 13. The summed E-state index contributed by atoms with van der Waals surface area (Å²) in [4.78, 5) is 12.6. The highest BCUT2D eigenvalue weighted by molar-refractivity contribution is 7.48. The number of amides is 1. The summed E-state index contributed by atoms with van der Waals surface area (Å²) in [6.07, 6.45) is 0.804. The molecule has 31 heavy (non-hydrogen) atoms. The van der Waals surface area contributed by atoms with Crippen LogP contribution in [0.1, 0.15) is 26.3 Å². The van der Waals surface area contributed by atoms with Crippen LogP contribution >= 0.6 is 7.82 Å². The van der Waals surface area contributed by atoms with Crippen LogP contribution < -0.4 is 15.8 Å². The Kier molecular flexibility index (Phi) is 9.68. The fourth-order valence-electron chi connectivity index (χ4n) is 2.55. The van der Waals surface area contributed by atoms with Crippen LogP contribution in [0.2, 0.25) is 0 Å². The minimum atomic E-state index is -3.75. The number of phosphoric acid groups is 1. The van der Waals surface area contributed by atoms with E-state index in [2.05, 4.69) is 17.4 Å². The zero-order chi connectivity index (χ0) is 22.7. The zero-order valence-electron chi connectivity index (χ0n) is 18.2. The van der Waals surface area contributed by atoms with Gasteiger partial charge in [0.05, 0.1) is 26.4 Å². The SMILES string of the molecule is CCOP(=O)(OCC)OCC(C)(N)C(=O)Nc1ccc(OCCc2ccccc2)cc1. The van der Waals surface area contributed by atoms with Crippen molar-refractivity contribution in [3.8, 4) is 5.75 Å². The molecule has 2 rings (SSSR count). The van der Waals surface area contributed by atoms with Crippen molar-refractivity contribution >= 4 is 19.4 Å². The Balaban J connectivity index is 1.85. The number of carbonyl (C=O) groups excluding carboxylic acids is 1. The largest absolute Gasteiger partial charge is 0.493 e. The van der Waals surface area contributed by atoms with Crippen LogP contribution in [0.5, 0.6) is 5.75 Å². The van der Waals surface area contributed by atoms with Crippen LogP contribution in [0.25, 0.3) is 0 Å². The fraction of sp³-hybridized carbons (Fsp3) is 0.409. The van der Waals surface area contributed by atoms with E-state index in [1.165, 1.54) is 12.5 Å². The standard InChI is InChI=1S/C22H31N2O6P/c1-4-28-31(26,29-5-2)30-17-22(3,23)21(25)24-19-11-13-20(14-12-19)27-16-15-18-9-7-6-8-10-18/h6-14H,4-5,15-17,23H2,1-3H3,(H,24,25). The van der Waals surface area contributed by atoms with E-state index in [0.29, 0.717) is 18.0 Å². The first-order chi connectivity index (χ1) is 14.8. The third kappa shape index (κ3) is 8.44. The molecule has 1 atom stereocenters. The van der Waals surface area contributed by atoms with E-state index in [0.717, 1.165) is 6.42 Å². The Morgan fingerprint density at radius 1 is 1.00 bits per heavy atom. The third-order valence-electron chi connectivity index (χ3n) is 4.23. The summed E-state index contributed by atoms with van der Waals surface area (Å²) in [5, 5.41) is 2.72. The Hall–Kier alpha value is -2.22. The van der Waals surface area contributed by atoms with Gasteiger partial charge >= 0.3 is 7.82 Å². The average Bonchev–Trinajstić information content (AvgIpc) is 2.75. The van der Waals surface area contributed by atoms with Crippen molar-refractivity contribution in [1.29, 1.82) is 0 Å². The molecule has 1 unspecified atom stereocenters. The second-order valence-electron chi connectivity index (χ2n) is 7.04. The second-order valence-corrected chi connectivity index (χ2v) is 8.71. The van der Waals surface area contributed by atoms with Crippen molar-refractivity contribution in [2.24, 2.45) is 5.73 Å². The van der Waals surface area contributed by atoms with E-state index >= 15 is 0 Å². The molecule has 170 valence electrons. The van der Waals surface area contributed by atoms with E-state index < -0.39 is 19.3 Å². The highest BCUT2D eigenvalue weighted by atomic mass is 31.2. The molecule has 0 saturated heterocycles. The molecule has 2 aromatic rings. The second kappa shape index (κ2) is 12.0. The van der Waals surface area contributed by atoms with Crippen LogP contribution in [0.4, 0.5) is 5.69 Å². The predicted octanol–water partition coefficient (Wildman–Crippen LogP) is 4.16. The molecule has 3 N–H and O–H groups in total. The number of benzene rings is 2. The maximum atomic E-state index is 12.6. The Labute approximate surface area is 183 Å². The normalized spacial score (nSPS) is 13.4. The number of hydrogen-bond donors (Lipinski definition) is 2. The van der Waals surface area contributed by atoms with E-state index in [1.54, 1.807) is 38.1 Å². The quantitative estimate of drug-likeness (QED) is 0.441. The van der Waals surface area contributed by atoms with E-state index in [9.17, 15) is 9.36 Å². The number of nitrogens with two attached hydrogens (primary N) is 1. The summed E-state index contributed by atoms with van der Waals surface area (Å²) in [5.41, 5.74) is 6.37. The molecule has 0 saturated carbocycles. The van der Waals surface area contributed by atoms with Crippen LogP contribution in [0.15, 0.2) is 54.6 Å². The van der Waals surface area contributed by atoms with Crippen molar-refractivity contribution in [2.45, 2.75) is 32.7 Å². The topological polar surface area (TPSA) is 109 Å². The van der Waals surface area contributed by atoms with Crippen molar-refractivity contribution in [3.05, 3.63) is 60.2 Å². The maximum Gasteiger partial charge on any atom is 0.474 e. The van der Waals surface area contributed by atoms with Gasteiger partial charge < -0.3 is 15.8 Å². The lowest BCUT2D eigenvalue weighted by Gasteiger charge is -2.25. The van der Waals surface area contributed by atoms with Gasteiger partial charge in [0, 0.05) is 12.1 Å². The Bertz CT molecular complexity index is 848. The summed E-state index contributed by atoms with van der Waals surface area (Å²) >= 11 is 0. The number of anilines is 1. The lowest BCUT2D eigenvalue weighted by molar-refractivity contribution is -0.121.